The quantitative estimate of drug-likeness (QED) is 0.296. The van der Waals surface area contributed by atoms with Crippen LogP contribution in [0.1, 0.15) is 45.5 Å². The van der Waals surface area contributed by atoms with Gasteiger partial charge in [-0.3, -0.25) is 9.69 Å². The Balaban J connectivity index is 1.39. The molecular formula is C33H32Cl2N2O4. The maximum Gasteiger partial charge on any atom is 0.335 e. The first-order chi connectivity index (χ1) is 19.7. The number of aromatic carboxylic acids is 1. The standard InChI is InChI=1S/C33H32Cl2N2O4/c1-36(2)31(38)7-4-16-37-19-26(20-37)41-25-12-8-21(9-13-25)32-27-14-10-23(33(39)40)17-22(27)5-3-6-29(32)28-15-11-24(34)18-30(28)35/h4,7-15,17-18,26H,3,5-6,16,19-20H2,1-2H3,(H,39,40). The molecule has 1 saturated heterocycles. The summed E-state index contributed by atoms with van der Waals surface area (Å²) >= 11 is 12.9. The van der Waals surface area contributed by atoms with Crippen molar-refractivity contribution in [2.24, 2.45) is 0 Å². The second kappa shape index (κ2) is 12.5. The van der Waals surface area contributed by atoms with Gasteiger partial charge < -0.3 is 14.7 Å². The summed E-state index contributed by atoms with van der Waals surface area (Å²) in [6.45, 7) is 2.31. The number of benzene rings is 3. The number of fused-ring (bicyclic) bond motifs is 1. The van der Waals surface area contributed by atoms with Crippen LogP contribution in [0, 0.1) is 0 Å². The van der Waals surface area contributed by atoms with E-state index in [2.05, 4.69) is 17.0 Å². The highest BCUT2D eigenvalue weighted by Crippen LogP contribution is 2.42. The average molecular weight is 592 g/mol. The summed E-state index contributed by atoms with van der Waals surface area (Å²) in [6, 6.07) is 19.0. The van der Waals surface area contributed by atoms with Crippen molar-refractivity contribution in [3.8, 4) is 5.75 Å². The number of amides is 1. The number of ether oxygens (including phenoxy) is 1. The van der Waals surface area contributed by atoms with Crippen LogP contribution < -0.4 is 4.74 Å². The van der Waals surface area contributed by atoms with E-state index in [0.717, 1.165) is 71.5 Å². The summed E-state index contributed by atoms with van der Waals surface area (Å²) < 4.78 is 6.21. The van der Waals surface area contributed by atoms with Gasteiger partial charge in [0.2, 0.25) is 5.91 Å². The minimum atomic E-state index is -0.933. The number of nitrogens with zero attached hydrogens (tertiary/aromatic N) is 2. The molecule has 1 aliphatic heterocycles. The van der Waals surface area contributed by atoms with Crippen molar-refractivity contribution >= 4 is 46.2 Å². The summed E-state index contributed by atoms with van der Waals surface area (Å²) in [6.07, 6.45) is 6.00. The van der Waals surface area contributed by atoms with E-state index in [-0.39, 0.29) is 17.6 Å². The van der Waals surface area contributed by atoms with Crippen LogP contribution in [0.15, 0.2) is 72.8 Å². The molecule has 3 aromatic rings. The lowest BCUT2D eigenvalue weighted by molar-refractivity contribution is -0.123. The van der Waals surface area contributed by atoms with Gasteiger partial charge in [-0.1, -0.05) is 53.5 Å². The van der Waals surface area contributed by atoms with Gasteiger partial charge in [0, 0.05) is 49.9 Å². The molecule has 8 heteroatoms. The van der Waals surface area contributed by atoms with E-state index in [1.54, 1.807) is 43.3 Å². The highest BCUT2D eigenvalue weighted by atomic mass is 35.5. The van der Waals surface area contributed by atoms with Crippen LogP contribution in [0.5, 0.6) is 5.75 Å². The molecule has 1 aliphatic carbocycles. The molecule has 0 radical (unpaired) electrons. The van der Waals surface area contributed by atoms with Crippen molar-refractivity contribution in [1.82, 2.24) is 9.80 Å². The second-order valence-electron chi connectivity index (χ2n) is 10.6. The van der Waals surface area contributed by atoms with Crippen molar-refractivity contribution in [3.05, 3.63) is 111 Å². The molecule has 41 heavy (non-hydrogen) atoms. The normalized spacial score (nSPS) is 15.8. The first-order valence-corrected chi connectivity index (χ1v) is 14.4. The van der Waals surface area contributed by atoms with Gasteiger partial charge in [-0.15, -0.1) is 0 Å². The Bertz CT molecular complexity index is 1520. The summed E-state index contributed by atoms with van der Waals surface area (Å²) in [5, 5.41) is 10.8. The van der Waals surface area contributed by atoms with Crippen molar-refractivity contribution in [1.29, 1.82) is 0 Å². The van der Waals surface area contributed by atoms with Gasteiger partial charge in [0.1, 0.15) is 11.9 Å². The third-order valence-electron chi connectivity index (χ3n) is 7.49. The summed E-state index contributed by atoms with van der Waals surface area (Å²) in [4.78, 5) is 27.2. The van der Waals surface area contributed by atoms with Crippen molar-refractivity contribution in [2.75, 3.05) is 33.7 Å². The molecule has 6 nitrogen and oxygen atoms in total. The second-order valence-corrected chi connectivity index (χ2v) is 11.5. The van der Waals surface area contributed by atoms with E-state index >= 15 is 0 Å². The minimum Gasteiger partial charge on any atom is -0.488 e. The predicted molar refractivity (Wildman–Crippen MR) is 164 cm³/mol. The monoisotopic (exact) mass is 590 g/mol. The fourth-order valence-corrected chi connectivity index (χ4v) is 5.87. The van der Waals surface area contributed by atoms with E-state index in [1.807, 2.05) is 36.4 Å². The zero-order valence-electron chi connectivity index (χ0n) is 23.1. The first kappa shape index (κ1) is 28.9. The molecule has 1 amide bonds. The number of hydrogen-bond acceptors (Lipinski definition) is 4. The van der Waals surface area contributed by atoms with E-state index < -0.39 is 5.97 Å². The molecule has 1 heterocycles. The molecule has 1 N–H and O–H groups in total. The smallest absolute Gasteiger partial charge is 0.335 e. The number of carbonyl (C=O) groups excluding carboxylic acids is 1. The Morgan fingerprint density at radius 3 is 2.41 bits per heavy atom. The van der Waals surface area contributed by atoms with Gasteiger partial charge in [0.05, 0.1) is 5.56 Å². The predicted octanol–water partition coefficient (Wildman–Crippen LogP) is 6.69. The number of carboxylic acids is 1. The molecule has 0 atom stereocenters. The molecule has 3 aromatic carbocycles. The number of allylic oxidation sites excluding steroid dienone is 1. The number of rotatable bonds is 8. The number of likely N-dealkylation sites (N-methyl/N-ethyl adjacent to an activating group) is 1. The Morgan fingerprint density at radius 1 is 1.00 bits per heavy atom. The third kappa shape index (κ3) is 6.67. The number of carbonyl (C=O) groups is 2. The van der Waals surface area contributed by atoms with E-state index in [4.69, 9.17) is 27.9 Å². The van der Waals surface area contributed by atoms with Crippen LogP contribution in [-0.2, 0) is 11.2 Å². The van der Waals surface area contributed by atoms with Gasteiger partial charge in [-0.05, 0) is 89.1 Å². The maximum atomic E-state index is 11.7. The molecular weight excluding hydrogens is 559 g/mol. The molecule has 212 valence electrons. The van der Waals surface area contributed by atoms with Gasteiger partial charge >= 0.3 is 5.97 Å². The zero-order chi connectivity index (χ0) is 29.1. The summed E-state index contributed by atoms with van der Waals surface area (Å²) in [5.41, 5.74) is 6.40. The molecule has 0 aromatic heterocycles. The Labute approximate surface area is 250 Å². The molecule has 0 saturated carbocycles. The average Bonchev–Trinajstić information content (AvgIpc) is 3.11. The number of halogens is 2. The topological polar surface area (TPSA) is 70.1 Å². The van der Waals surface area contributed by atoms with Crippen LogP contribution in [0.2, 0.25) is 10.0 Å². The van der Waals surface area contributed by atoms with Gasteiger partial charge in [-0.2, -0.15) is 0 Å². The van der Waals surface area contributed by atoms with Crippen molar-refractivity contribution < 1.29 is 19.4 Å². The molecule has 2 aliphatic rings. The lowest BCUT2D eigenvalue weighted by Gasteiger charge is -2.38. The van der Waals surface area contributed by atoms with Gasteiger partial charge in [0.15, 0.2) is 0 Å². The van der Waals surface area contributed by atoms with Crippen LogP contribution in [0.3, 0.4) is 0 Å². The number of likely N-dealkylation sites (tertiary alicyclic amines) is 1. The van der Waals surface area contributed by atoms with Crippen LogP contribution in [0.4, 0.5) is 0 Å². The fourth-order valence-electron chi connectivity index (χ4n) is 5.34. The summed E-state index contributed by atoms with van der Waals surface area (Å²) in [5.74, 6) is -0.162. The van der Waals surface area contributed by atoms with E-state index in [9.17, 15) is 14.7 Å². The molecule has 0 spiro atoms. The highest BCUT2D eigenvalue weighted by Gasteiger charge is 2.28. The zero-order valence-corrected chi connectivity index (χ0v) is 24.6. The third-order valence-corrected chi connectivity index (χ3v) is 8.03. The van der Waals surface area contributed by atoms with Crippen molar-refractivity contribution in [3.63, 3.8) is 0 Å². The Kier molecular flexibility index (Phi) is 8.83. The van der Waals surface area contributed by atoms with E-state index in [0.29, 0.717) is 16.6 Å². The number of hydrogen-bond donors (Lipinski definition) is 1. The maximum absolute atomic E-state index is 11.7. The largest absolute Gasteiger partial charge is 0.488 e. The molecule has 0 unspecified atom stereocenters. The van der Waals surface area contributed by atoms with E-state index in [1.165, 1.54) is 0 Å². The molecule has 1 fully saturated rings. The van der Waals surface area contributed by atoms with Gasteiger partial charge in [0.25, 0.3) is 0 Å². The lowest BCUT2D eigenvalue weighted by atomic mass is 9.87. The highest BCUT2D eigenvalue weighted by molar-refractivity contribution is 6.36. The molecule has 5 rings (SSSR count). The lowest BCUT2D eigenvalue weighted by Crippen LogP contribution is -2.53. The minimum absolute atomic E-state index is 0.0198. The van der Waals surface area contributed by atoms with Crippen LogP contribution in [-0.4, -0.2) is 66.6 Å². The number of carboxylic acid groups (broad SMARTS) is 1. The molecule has 0 bridgehead atoms. The fraction of sp³-hybridized carbons (Fsp3) is 0.273. The SMILES string of the molecule is CN(C)C(=O)C=CCN1CC(Oc2ccc(C3=C(c4ccc(Cl)cc4Cl)CCCc4cc(C(=O)O)ccc43)cc2)C1. The van der Waals surface area contributed by atoms with Gasteiger partial charge in [-0.25, -0.2) is 4.79 Å². The summed E-state index contributed by atoms with van der Waals surface area (Å²) in [7, 11) is 3.47. The first-order valence-electron chi connectivity index (χ1n) is 13.6. The number of aryl methyl sites for hydroxylation is 1. The Hall–Kier alpha value is -3.58. The van der Waals surface area contributed by atoms with Crippen LogP contribution in [0.25, 0.3) is 11.1 Å². The van der Waals surface area contributed by atoms with Crippen molar-refractivity contribution in [2.45, 2.75) is 25.4 Å². The van der Waals surface area contributed by atoms with Crippen LogP contribution >= 0.6 is 23.2 Å². The Morgan fingerprint density at radius 2 is 1.73 bits per heavy atom.